The fourth-order valence-corrected chi connectivity index (χ4v) is 2.33. The first-order valence-electron chi connectivity index (χ1n) is 6.23. The van der Waals surface area contributed by atoms with Crippen LogP contribution in [0.2, 0.25) is 0 Å². The summed E-state index contributed by atoms with van der Waals surface area (Å²) >= 11 is 0. The molecule has 3 N–H and O–H groups in total. The van der Waals surface area contributed by atoms with Crippen LogP contribution >= 0.6 is 0 Å². The Morgan fingerprint density at radius 2 is 1.94 bits per heavy atom. The van der Waals surface area contributed by atoms with Crippen molar-refractivity contribution in [3.05, 3.63) is 0 Å². The average molecular weight is 241 g/mol. The number of hydrogen-bond donors (Lipinski definition) is 3. The zero-order valence-electron chi connectivity index (χ0n) is 10.9. The molecule has 0 radical (unpaired) electrons. The Morgan fingerprint density at radius 1 is 1.35 bits per heavy atom. The van der Waals surface area contributed by atoms with Gasteiger partial charge in [0, 0.05) is 19.1 Å². The molecule has 5 nitrogen and oxygen atoms in total. The van der Waals surface area contributed by atoms with Crippen LogP contribution in [0.4, 0.5) is 4.79 Å². The van der Waals surface area contributed by atoms with Crippen molar-refractivity contribution in [3.63, 3.8) is 0 Å². The van der Waals surface area contributed by atoms with Gasteiger partial charge in [-0.2, -0.15) is 0 Å². The summed E-state index contributed by atoms with van der Waals surface area (Å²) in [7, 11) is 1.56. The second-order valence-corrected chi connectivity index (χ2v) is 5.07. The molecule has 98 valence electrons. The lowest BCUT2D eigenvalue weighted by molar-refractivity contribution is -0.114. The summed E-state index contributed by atoms with van der Waals surface area (Å²) in [5.41, 5.74) is -0.671. The summed E-state index contributed by atoms with van der Waals surface area (Å²) in [5, 5.41) is 8.72. The molecule has 0 aromatic carbocycles. The summed E-state index contributed by atoms with van der Waals surface area (Å²) < 4.78 is 0. The highest BCUT2D eigenvalue weighted by molar-refractivity contribution is 5.80. The van der Waals surface area contributed by atoms with E-state index in [2.05, 4.69) is 29.8 Å². The third-order valence-electron chi connectivity index (χ3n) is 3.26. The highest BCUT2D eigenvalue weighted by atomic mass is 16.2. The van der Waals surface area contributed by atoms with E-state index in [9.17, 15) is 9.59 Å². The van der Waals surface area contributed by atoms with Gasteiger partial charge in [0.15, 0.2) is 0 Å². The molecule has 1 rings (SSSR count). The molecule has 5 heteroatoms. The molecule has 17 heavy (non-hydrogen) atoms. The zero-order chi connectivity index (χ0) is 12.9. The summed E-state index contributed by atoms with van der Waals surface area (Å²) in [5.74, 6) is 0. The van der Waals surface area contributed by atoms with E-state index in [0.29, 0.717) is 24.9 Å². The van der Waals surface area contributed by atoms with Gasteiger partial charge in [0.05, 0.1) is 5.54 Å². The van der Waals surface area contributed by atoms with Crippen LogP contribution in [-0.4, -0.2) is 37.0 Å². The molecule has 2 amide bonds. The van der Waals surface area contributed by atoms with Crippen molar-refractivity contribution in [2.24, 2.45) is 0 Å². The molecule has 0 bridgehead atoms. The SMILES string of the molecule is CNC(=O)NC1(C=O)CCC(NC(C)C)CC1. The summed E-state index contributed by atoms with van der Waals surface area (Å²) in [4.78, 5) is 22.5. The normalized spacial score (nSPS) is 28.8. The Labute approximate surface area is 103 Å². The number of carbonyl (C=O) groups is 2. The number of carbonyl (C=O) groups excluding carboxylic acids is 2. The van der Waals surface area contributed by atoms with Crippen LogP contribution in [-0.2, 0) is 4.79 Å². The Balaban J connectivity index is 2.51. The Kier molecular flexibility index (Phi) is 4.93. The van der Waals surface area contributed by atoms with Crippen LogP contribution < -0.4 is 16.0 Å². The third-order valence-corrected chi connectivity index (χ3v) is 3.26. The average Bonchev–Trinajstić information content (AvgIpc) is 2.31. The van der Waals surface area contributed by atoms with Crippen molar-refractivity contribution in [2.75, 3.05) is 7.05 Å². The lowest BCUT2D eigenvalue weighted by atomic mass is 9.80. The first-order valence-corrected chi connectivity index (χ1v) is 6.23. The summed E-state index contributed by atoms with van der Waals surface area (Å²) in [6, 6.07) is 0.623. The Hall–Kier alpha value is -1.10. The fourth-order valence-electron chi connectivity index (χ4n) is 2.33. The van der Waals surface area contributed by atoms with Crippen LogP contribution in [0.5, 0.6) is 0 Å². The number of nitrogens with one attached hydrogen (secondary N) is 3. The van der Waals surface area contributed by atoms with E-state index >= 15 is 0 Å². The van der Waals surface area contributed by atoms with Crippen LogP contribution in [0.1, 0.15) is 39.5 Å². The van der Waals surface area contributed by atoms with Crippen LogP contribution in [0.25, 0.3) is 0 Å². The lowest BCUT2D eigenvalue weighted by Crippen LogP contribution is -2.56. The van der Waals surface area contributed by atoms with Gasteiger partial charge >= 0.3 is 6.03 Å². The minimum atomic E-state index is -0.671. The molecule has 0 atom stereocenters. The first-order chi connectivity index (χ1) is 8.01. The predicted octanol–water partition coefficient (Wildman–Crippen LogP) is 0.794. The van der Waals surface area contributed by atoms with Crippen molar-refractivity contribution in [3.8, 4) is 0 Å². The standard InChI is InChI=1S/C12H23N3O2/c1-9(2)14-10-4-6-12(8-16,7-5-10)15-11(17)13-3/h8-10,14H,4-7H2,1-3H3,(H2,13,15,17). The number of aldehydes is 1. The van der Waals surface area contributed by atoms with Gasteiger partial charge in [-0.15, -0.1) is 0 Å². The Morgan fingerprint density at radius 3 is 2.35 bits per heavy atom. The van der Waals surface area contributed by atoms with E-state index in [1.165, 1.54) is 0 Å². The molecule has 0 saturated heterocycles. The molecule has 0 aromatic heterocycles. The smallest absolute Gasteiger partial charge is 0.315 e. The molecule has 1 aliphatic rings. The van der Waals surface area contributed by atoms with Gasteiger partial charge in [0.1, 0.15) is 6.29 Å². The molecule has 0 unspecified atom stereocenters. The molecular weight excluding hydrogens is 218 g/mol. The largest absolute Gasteiger partial charge is 0.341 e. The maximum absolute atomic E-state index is 11.3. The van der Waals surface area contributed by atoms with E-state index in [0.717, 1.165) is 19.1 Å². The third kappa shape index (κ3) is 4.00. The summed E-state index contributed by atoms with van der Waals surface area (Å²) in [6.45, 7) is 4.23. The molecule has 0 aromatic rings. The highest BCUT2D eigenvalue weighted by Gasteiger charge is 2.36. The van der Waals surface area contributed by atoms with Gasteiger partial charge in [0.25, 0.3) is 0 Å². The van der Waals surface area contributed by atoms with Gasteiger partial charge in [-0.05, 0) is 25.7 Å². The number of amides is 2. The van der Waals surface area contributed by atoms with E-state index in [1.54, 1.807) is 7.05 Å². The second kappa shape index (κ2) is 6.00. The van der Waals surface area contributed by atoms with Gasteiger partial charge in [-0.1, -0.05) is 13.8 Å². The number of rotatable bonds is 4. The monoisotopic (exact) mass is 241 g/mol. The van der Waals surface area contributed by atoms with Crippen molar-refractivity contribution >= 4 is 12.3 Å². The Bertz CT molecular complexity index is 271. The van der Waals surface area contributed by atoms with E-state index in [1.807, 2.05) is 0 Å². The molecule has 1 aliphatic carbocycles. The van der Waals surface area contributed by atoms with E-state index < -0.39 is 5.54 Å². The van der Waals surface area contributed by atoms with Gasteiger partial charge in [-0.25, -0.2) is 4.79 Å². The zero-order valence-corrected chi connectivity index (χ0v) is 10.9. The van der Waals surface area contributed by atoms with Crippen molar-refractivity contribution < 1.29 is 9.59 Å². The van der Waals surface area contributed by atoms with Crippen molar-refractivity contribution in [1.82, 2.24) is 16.0 Å². The second-order valence-electron chi connectivity index (χ2n) is 5.07. The lowest BCUT2D eigenvalue weighted by Gasteiger charge is -2.37. The maximum Gasteiger partial charge on any atom is 0.315 e. The number of hydrogen-bond acceptors (Lipinski definition) is 3. The fraction of sp³-hybridized carbons (Fsp3) is 0.833. The molecule has 0 aliphatic heterocycles. The number of urea groups is 1. The van der Waals surface area contributed by atoms with Crippen molar-refractivity contribution in [1.29, 1.82) is 0 Å². The van der Waals surface area contributed by atoms with Crippen molar-refractivity contribution in [2.45, 2.75) is 57.2 Å². The van der Waals surface area contributed by atoms with Gasteiger partial charge in [0.2, 0.25) is 0 Å². The summed E-state index contributed by atoms with van der Waals surface area (Å²) in [6.07, 6.45) is 4.12. The van der Waals surface area contributed by atoms with E-state index in [-0.39, 0.29) is 6.03 Å². The first kappa shape index (κ1) is 14.0. The quantitative estimate of drug-likeness (QED) is 0.637. The van der Waals surface area contributed by atoms with E-state index in [4.69, 9.17) is 0 Å². The molecule has 1 saturated carbocycles. The topological polar surface area (TPSA) is 70.2 Å². The minimum Gasteiger partial charge on any atom is -0.341 e. The highest BCUT2D eigenvalue weighted by Crippen LogP contribution is 2.27. The van der Waals surface area contributed by atoms with Crippen LogP contribution in [0, 0.1) is 0 Å². The van der Waals surface area contributed by atoms with Crippen LogP contribution in [0.3, 0.4) is 0 Å². The van der Waals surface area contributed by atoms with Gasteiger partial charge in [-0.3, -0.25) is 0 Å². The van der Waals surface area contributed by atoms with Crippen LogP contribution in [0.15, 0.2) is 0 Å². The molecule has 0 spiro atoms. The maximum atomic E-state index is 11.3. The molecular formula is C12H23N3O2. The predicted molar refractivity (Wildman–Crippen MR) is 66.9 cm³/mol. The molecule has 0 heterocycles. The van der Waals surface area contributed by atoms with Gasteiger partial charge < -0.3 is 20.7 Å². The molecule has 1 fully saturated rings. The minimum absolute atomic E-state index is 0.285.